The van der Waals surface area contributed by atoms with Crippen LogP contribution in [0.2, 0.25) is 0 Å². The molecule has 1 heterocycles. The zero-order valence-corrected chi connectivity index (χ0v) is 11.3. The van der Waals surface area contributed by atoms with Gasteiger partial charge in [0.15, 0.2) is 5.89 Å². The molecule has 1 amide bonds. The number of hydrogen-bond acceptors (Lipinski definition) is 5. The fourth-order valence-electron chi connectivity index (χ4n) is 1.65. The van der Waals surface area contributed by atoms with Crippen molar-refractivity contribution in [3.63, 3.8) is 0 Å². The monoisotopic (exact) mass is 290 g/mol. The number of rotatable bonds is 6. The Morgan fingerprint density at radius 3 is 2.57 bits per heavy atom. The van der Waals surface area contributed by atoms with Gasteiger partial charge in [-0.15, -0.1) is 0 Å². The van der Waals surface area contributed by atoms with E-state index in [2.05, 4.69) is 10.3 Å². The van der Waals surface area contributed by atoms with E-state index in [0.29, 0.717) is 11.6 Å². The minimum absolute atomic E-state index is 0.309. The highest BCUT2D eigenvalue weighted by Gasteiger charge is 2.06. The molecule has 0 spiro atoms. The van der Waals surface area contributed by atoms with E-state index in [9.17, 15) is 9.59 Å². The lowest BCUT2D eigenvalue weighted by Gasteiger charge is -2.05. The zero-order valence-electron chi connectivity index (χ0n) is 11.3. The Bertz CT molecular complexity index is 633. The number of nitrogens with one attached hydrogen (secondary N) is 1. The molecule has 0 bridgehead atoms. The third-order valence-electron chi connectivity index (χ3n) is 2.54. The van der Waals surface area contributed by atoms with Crippen LogP contribution in [-0.2, 0) is 14.3 Å². The van der Waals surface area contributed by atoms with Crippen LogP contribution in [0.4, 0.5) is 5.69 Å². The van der Waals surface area contributed by atoms with Crippen LogP contribution in [0.5, 0.6) is 0 Å². The second kappa shape index (κ2) is 6.67. The third-order valence-corrected chi connectivity index (χ3v) is 2.54. The van der Waals surface area contributed by atoms with E-state index in [-0.39, 0.29) is 6.61 Å². The fourth-order valence-corrected chi connectivity index (χ4v) is 1.65. The third kappa shape index (κ3) is 4.43. The smallest absolute Gasteiger partial charge is 0.329 e. The van der Waals surface area contributed by atoms with Crippen LogP contribution in [0.1, 0.15) is 5.89 Å². The van der Waals surface area contributed by atoms with Crippen molar-refractivity contribution < 1.29 is 23.8 Å². The number of hydrogen-bond donors (Lipinski definition) is 2. The lowest BCUT2D eigenvalue weighted by Crippen LogP contribution is -2.20. The molecule has 0 radical (unpaired) electrons. The molecule has 0 aliphatic rings. The van der Waals surface area contributed by atoms with Crippen molar-refractivity contribution >= 4 is 17.6 Å². The van der Waals surface area contributed by atoms with Gasteiger partial charge in [0.1, 0.15) is 25.2 Å². The largest absolute Gasteiger partial charge is 0.480 e. The molecular formula is C14H14N2O5. The van der Waals surface area contributed by atoms with E-state index >= 15 is 0 Å². The number of carbonyl (C=O) groups excluding carboxylic acids is 1. The first-order valence-electron chi connectivity index (χ1n) is 6.16. The summed E-state index contributed by atoms with van der Waals surface area (Å²) in [6.07, 6.45) is 1.56. The normalized spacial score (nSPS) is 10.3. The van der Waals surface area contributed by atoms with Gasteiger partial charge in [-0.3, -0.25) is 4.79 Å². The molecule has 0 saturated heterocycles. The summed E-state index contributed by atoms with van der Waals surface area (Å²) in [5, 5.41) is 11.0. The van der Waals surface area contributed by atoms with Crippen molar-refractivity contribution in [3.05, 3.63) is 36.4 Å². The Hall–Kier alpha value is -2.67. The first kappa shape index (κ1) is 14.7. The van der Waals surface area contributed by atoms with Gasteiger partial charge in [-0.1, -0.05) is 12.1 Å². The van der Waals surface area contributed by atoms with Crippen LogP contribution >= 0.6 is 0 Å². The predicted octanol–water partition coefficient (Wildman–Crippen LogP) is 1.69. The highest BCUT2D eigenvalue weighted by molar-refractivity contribution is 5.92. The Balaban J connectivity index is 1.90. The molecule has 110 valence electrons. The average molecular weight is 290 g/mol. The molecule has 2 N–H and O–H groups in total. The van der Waals surface area contributed by atoms with Crippen LogP contribution in [-0.4, -0.2) is 35.2 Å². The molecule has 21 heavy (non-hydrogen) atoms. The van der Waals surface area contributed by atoms with Crippen LogP contribution in [0.15, 0.2) is 34.9 Å². The number of amides is 1. The number of benzene rings is 1. The van der Waals surface area contributed by atoms with Gasteiger partial charge >= 0.3 is 5.97 Å². The van der Waals surface area contributed by atoms with E-state index in [1.54, 1.807) is 37.5 Å². The van der Waals surface area contributed by atoms with Crippen LogP contribution < -0.4 is 5.32 Å². The van der Waals surface area contributed by atoms with E-state index < -0.39 is 18.5 Å². The predicted molar refractivity (Wildman–Crippen MR) is 73.8 cm³/mol. The molecule has 0 aliphatic carbocycles. The van der Waals surface area contributed by atoms with Crippen molar-refractivity contribution in [1.29, 1.82) is 0 Å². The van der Waals surface area contributed by atoms with Crippen LogP contribution in [0.3, 0.4) is 0 Å². The van der Waals surface area contributed by atoms with E-state index in [1.807, 2.05) is 0 Å². The first-order chi connectivity index (χ1) is 10.0. The summed E-state index contributed by atoms with van der Waals surface area (Å²) in [7, 11) is 0. The van der Waals surface area contributed by atoms with Gasteiger partial charge in [-0.05, 0) is 12.1 Å². The van der Waals surface area contributed by atoms with Gasteiger partial charge in [-0.25, -0.2) is 9.78 Å². The van der Waals surface area contributed by atoms with Gasteiger partial charge in [0.05, 0.1) is 0 Å². The van der Waals surface area contributed by atoms with Gasteiger partial charge < -0.3 is 19.6 Å². The molecule has 1 aromatic carbocycles. The topological polar surface area (TPSA) is 102 Å². The Kier molecular flexibility index (Phi) is 4.68. The fraction of sp³-hybridized carbons (Fsp3) is 0.214. The minimum Gasteiger partial charge on any atom is -0.480 e. The lowest BCUT2D eigenvalue weighted by molar-refractivity contribution is -0.143. The van der Waals surface area contributed by atoms with Crippen molar-refractivity contribution in [2.24, 2.45) is 0 Å². The Morgan fingerprint density at radius 2 is 2.00 bits per heavy atom. The Labute approximate surface area is 120 Å². The first-order valence-corrected chi connectivity index (χ1v) is 6.16. The number of carboxylic acids is 1. The second-order valence-corrected chi connectivity index (χ2v) is 4.26. The standard InChI is InChI=1S/C14H14N2O5/c1-9-15-12(6-21-9)10-2-4-11(5-3-10)16-13(17)7-20-8-14(18)19/h2-6H,7-8H2,1H3,(H,16,17)(H,18,19). The molecule has 0 unspecified atom stereocenters. The van der Waals surface area contributed by atoms with E-state index in [4.69, 9.17) is 14.3 Å². The molecule has 2 aromatic rings. The number of anilines is 1. The number of oxazole rings is 1. The number of carbonyl (C=O) groups is 2. The molecule has 0 aliphatic heterocycles. The molecule has 7 nitrogen and oxygen atoms in total. The molecule has 0 atom stereocenters. The summed E-state index contributed by atoms with van der Waals surface area (Å²) in [4.78, 5) is 25.9. The van der Waals surface area contributed by atoms with Crippen molar-refractivity contribution in [1.82, 2.24) is 4.98 Å². The summed E-state index contributed by atoms with van der Waals surface area (Å²) in [6, 6.07) is 7.03. The average Bonchev–Trinajstić information content (AvgIpc) is 2.86. The van der Waals surface area contributed by atoms with Crippen molar-refractivity contribution in [3.8, 4) is 11.3 Å². The molecule has 7 heteroatoms. The van der Waals surface area contributed by atoms with Gasteiger partial charge in [0.2, 0.25) is 5.91 Å². The molecule has 1 aromatic heterocycles. The highest BCUT2D eigenvalue weighted by Crippen LogP contribution is 2.20. The quantitative estimate of drug-likeness (QED) is 0.839. The highest BCUT2D eigenvalue weighted by atomic mass is 16.5. The SMILES string of the molecule is Cc1nc(-c2ccc(NC(=O)COCC(=O)O)cc2)co1. The lowest BCUT2D eigenvalue weighted by atomic mass is 10.1. The number of carboxylic acid groups (broad SMARTS) is 1. The van der Waals surface area contributed by atoms with Crippen LogP contribution in [0.25, 0.3) is 11.3 Å². The van der Waals surface area contributed by atoms with Gasteiger partial charge in [0.25, 0.3) is 0 Å². The number of nitrogens with zero attached hydrogens (tertiary/aromatic N) is 1. The maximum atomic E-state index is 11.5. The summed E-state index contributed by atoms with van der Waals surface area (Å²) in [5.74, 6) is -0.950. The van der Waals surface area contributed by atoms with Gasteiger partial charge in [-0.2, -0.15) is 0 Å². The van der Waals surface area contributed by atoms with E-state index in [1.165, 1.54) is 0 Å². The number of ether oxygens (including phenoxy) is 1. The zero-order chi connectivity index (χ0) is 15.2. The maximum Gasteiger partial charge on any atom is 0.329 e. The number of aliphatic carboxylic acids is 1. The minimum atomic E-state index is -1.12. The molecule has 2 rings (SSSR count). The summed E-state index contributed by atoms with van der Waals surface area (Å²) in [5.41, 5.74) is 2.17. The summed E-state index contributed by atoms with van der Waals surface area (Å²) in [6.45, 7) is 0.948. The molecule has 0 saturated carbocycles. The maximum absolute atomic E-state index is 11.5. The molecule has 0 fully saturated rings. The Morgan fingerprint density at radius 1 is 1.29 bits per heavy atom. The second-order valence-electron chi connectivity index (χ2n) is 4.26. The number of aryl methyl sites for hydroxylation is 1. The summed E-state index contributed by atoms with van der Waals surface area (Å²) >= 11 is 0. The molecular weight excluding hydrogens is 276 g/mol. The van der Waals surface area contributed by atoms with E-state index in [0.717, 1.165) is 11.3 Å². The van der Waals surface area contributed by atoms with Gasteiger partial charge in [0, 0.05) is 18.2 Å². The number of aromatic nitrogens is 1. The van der Waals surface area contributed by atoms with Crippen molar-refractivity contribution in [2.45, 2.75) is 6.92 Å². The van der Waals surface area contributed by atoms with Crippen LogP contribution in [0, 0.1) is 6.92 Å². The van der Waals surface area contributed by atoms with Crippen molar-refractivity contribution in [2.75, 3.05) is 18.5 Å². The summed E-state index contributed by atoms with van der Waals surface area (Å²) < 4.78 is 9.82.